The van der Waals surface area contributed by atoms with Gasteiger partial charge in [-0.15, -0.1) is 0 Å². The van der Waals surface area contributed by atoms with Gasteiger partial charge in [-0.3, -0.25) is 9.69 Å². The first-order chi connectivity index (χ1) is 20.8. The minimum atomic E-state index is -0.424. The predicted octanol–water partition coefficient (Wildman–Crippen LogP) is 3.58. The van der Waals surface area contributed by atoms with Crippen molar-refractivity contribution in [1.29, 1.82) is 5.26 Å². The third-order valence-corrected chi connectivity index (χ3v) is 9.45. The second-order valence-electron chi connectivity index (χ2n) is 11.4. The number of amides is 1. The van der Waals surface area contributed by atoms with Crippen molar-refractivity contribution in [2.75, 3.05) is 62.7 Å². The van der Waals surface area contributed by atoms with Crippen molar-refractivity contribution in [1.82, 2.24) is 24.4 Å². The molecule has 2 aliphatic heterocycles. The van der Waals surface area contributed by atoms with Gasteiger partial charge in [0.05, 0.1) is 41.4 Å². The van der Waals surface area contributed by atoms with Crippen LogP contribution in [0.25, 0.3) is 16.8 Å². The van der Waals surface area contributed by atoms with Crippen LogP contribution in [0, 0.1) is 23.0 Å². The number of aromatic nitrogens is 3. The van der Waals surface area contributed by atoms with Crippen LogP contribution in [0.5, 0.6) is 0 Å². The van der Waals surface area contributed by atoms with Crippen LogP contribution in [-0.2, 0) is 4.79 Å². The van der Waals surface area contributed by atoms with Crippen LogP contribution in [0.3, 0.4) is 0 Å². The third kappa shape index (κ3) is 5.20. The molecule has 5 heterocycles. The van der Waals surface area contributed by atoms with Crippen LogP contribution in [0.1, 0.15) is 29.3 Å². The molecule has 1 amide bonds. The highest BCUT2D eigenvalue weighted by Crippen LogP contribution is 2.48. The van der Waals surface area contributed by atoms with Crippen molar-refractivity contribution >= 4 is 39.3 Å². The van der Waals surface area contributed by atoms with E-state index in [1.807, 2.05) is 22.9 Å². The summed E-state index contributed by atoms with van der Waals surface area (Å²) in [6, 6.07) is 9.98. The molecule has 0 atom stereocenters. The van der Waals surface area contributed by atoms with Gasteiger partial charge in [0.25, 0.3) is 0 Å². The topological polar surface area (TPSA) is 104 Å². The van der Waals surface area contributed by atoms with E-state index in [1.54, 1.807) is 21.5 Å². The summed E-state index contributed by atoms with van der Waals surface area (Å²) in [4.78, 5) is 25.3. The lowest BCUT2D eigenvalue weighted by atomic mass is 10.1. The van der Waals surface area contributed by atoms with Gasteiger partial charge < -0.3 is 19.8 Å². The molecule has 0 radical (unpaired) electrons. The van der Waals surface area contributed by atoms with Crippen molar-refractivity contribution in [3.63, 3.8) is 0 Å². The minimum Gasteiger partial charge on any atom is -0.389 e. The van der Waals surface area contributed by atoms with E-state index in [9.17, 15) is 19.6 Å². The Morgan fingerprint density at radius 1 is 1.16 bits per heavy atom. The Bertz CT molecular complexity index is 1730. The number of β-amino-alcohol motifs (C(OH)–C–C–N with tert-alkyl or cyclic N) is 1. The smallest absolute Gasteiger partial charge is 0.236 e. The highest BCUT2D eigenvalue weighted by atomic mass is 32.1. The van der Waals surface area contributed by atoms with Crippen LogP contribution in [-0.4, -0.2) is 94.4 Å². The summed E-state index contributed by atoms with van der Waals surface area (Å²) in [5.41, 5.74) is 4.07. The summed E-state index contributed by atoms with van der Waals surface area (Å²) < 4.78 is 30.7. The molecule has 10 nitrogen and oxygen atoms in total. The number of carbonyl (C=O) groups excluding carboxylic acids is 1. The number of pyridine rings is 1. The third-order valence-electron chi connectivity index (χ3n) is 8.41. The number of likely N-dealkylation sites (tertiary alicyclic amines) is 1. The van der Waals surface area contributed by atoms with Gasteiger partial charge in [0.2, 0.25) is 5.91 Å². The highest BCUT2D eigenvalue weighted by Gasteiger charge is 2.34. The quantitative estimate of drug-likeness (QED) is 0.342. The molecule has 43 heavy (non-hydrogen) atoms. The monoisotopic (exact) mass is 604 g/mol. The Balaban J connectivity index is 1.17. The standard InChI is InChI=1S/C30H30F2N8O2S/c1-36(30-34-27(25(13-33)43-30)18-4-6-20(31)7-5-18)29-24-12-23(22(32)16-40(24)35-28(29)19-2-3-19)38-10-8-37(9-11-38)17-26(42)39-14-21(41)15-39/h4-7,12,16,19,21,41H,2-3,8-11,14-15,17H2,1H3. The number of carbonyl (C=O) groups is 1. The molecule has 0 bridgehead atoms. The zero-order valence-corrected chi connectivity index (χ0v) is 24.4. The zero-order valence-electron chi connectivity index (χ0n) is 23.6. The van der Waals surface area contributed by atoms with E-state index in [4.69, 9.17) is 10.1 Å². The molecule has 3 aromatic heterocycles. The number of rotatable bonds is 7. The molecule has 1 N–H and O–H groups in total. The maximum Gasteiger partial charge on any atom is 0.236 e. The van der Waals surface area contributed by atoms with Crippen molar-refractivity contribution < 1.29 is 18.7 Å². The number of hydrogen-bond acceptors (Lipinski definition) is 9. The molecular formula is C30H30F2N8O2S. The van der Waals surface area contributed by atoms with Gasteiger partial charge >= 0.3 is 0 Å². The number of fused-ring (bicyclic) bond motifs is 1. The number of halogens is 2. The van der Waals surface area contributed by atoms with Gasteiger partial charge in [-0.25, -0.2) is 18.3 Å². The van der Waals surface area contributed by atoms with Crippen LogP contribution >= 0.6 is 11.3 Å². The Hall–Kier alpha value is -4.12. The Kier molecular flexibility index (Phi) is 6.99. The summed E-state index contributed by atoms with van der Waals surface area (Å²) in [6.45, 7) is 3.45. The first-order valence-corrected chi connectivity index (χ1v) is 15.2. The van der Waals surface area contributed by atoms with Gasteiger partial charge in [-0.05, 0) is 43.2 Å². The first-order valence-electron chi connectivity index (χ1n) is 14.3. The molecule has 7 rings (SSSR count). The Labute approximate surface area is 251 Å². The van der Waals surface area contributed by atoms with E-state index in [0.717, 1.165) is 29.7 Å². The van der Waals surface area contributed by atoms with E-state index in [1.165, 1.54) is 29.7 Å². The summed E-state index contributed by atoms with van der Waals surface area (Å²) in [7, 11) is 1.88. The predicted molar refractivity (Wildman–Crippen MR) is 159 cm³/mol. The highest BCUT2D eigenvalue weighted by molar-refractivity contribution is 7.16. The number of nitriles is 1. The Morgan fingerprint density at radius 2 is 1.88 bits per heavy atom. The molecule has 3 fully saturated rings. The largest absolute Gasteiger partial charge is 0.389 e. The number of hydrogen-bond donors (Lipinski definition) is 1. The van der Waals surface area contributed by atoms with E-state index >= 15 is 4.39 Å². The number of thiazole rings is 1. The van der Waals surface area contributed by atoms with Gasteiger partial charge in [0.15, 0.2) is 10.9 Å². The normalized spacial score (nSPS) is 17.7. The molecule has 1 saturated carbocycles. The molecule has 222 valence electrons. The molecule has 1 aliphatic carbocycles. The van der Waals surface area contributed by atoms with Gasteiger partial charge in [0, 0.05) is 57.8 Å². The average molecular weight is 605 g/mol. The van der Waals surface area contributed by atoms with Gasteiger partial charge in [-0.2, -0.15) is 10.4 Å². The summed E-state index contributed by atoms with van der Waals surface area (Å²) >= 11 is 1.25. The van der Waals surface area contributed by atoms with E-state index in [-0.39, 0.29) is 23.5 Å². The SMILES string of the molecule is CN(c1nc(-c2ccc(F)cc2)c(C#N)s1)c1c(C2CC2)nn2cc(F)c(N3CCN(CC(=O)N4CC(O)C4)CC3)cc12. The molecule has 0 spiro atoms. The summed E-state index contributed by atoms with van der Waals surface area (Å²) in [5, 5.41) is 24.7. The lowest BCUT2D eigenvalue weighted by molar-refractivity contribution is -0.142. The second kappa shape index (κ2) is 10.9. The molecular weight excluding hydrogens is 574 g/mol. The van der Waals surface area contributed by atoms with Crippen molar-refractivity contribution in [3.8, 4) is 17.3 Å². The molecule has 1 aromatic carbocycles. The first kappa shape index (κ1) is 27.7. The minimum absolute atomic E-state index is 0.00946. The fourth-order valence-electron chi connectivity index (χ4n) is 5.80. The van der Waals surface area contributed by atoms with Crippen LogP contribution < -0.4 is 9.80 Å². The Morgan fingerprint density at radius 3 is 2.53 bits per heavy atom. The van der Waals surface area contributed by atoms with Crippen molar-refractivity contribution in [3.05, 3.63) is 58.7 Å². The zero-order chi connectivity index (χ0) is 29.8. The van der Waals surface area contributed by atoms with Crippen LogP contribution in [0.4, 0.5) is 25.3 Å². The molecule has 13 heteroatoms. The molecule has 0 unspecified atom stereocenters. The van der Waals surface area contributed by atoms with E-state index in [0.29, 0.717) is 72.8 Å². The second-order valence-corrected chi connectivity index (χ2v) is 12.4. The molecule has 4 aromatic rings. The molecule has 3 aliphatic rings. The number of benzene rings is 1. The van der Waals surface area contributed by atoms with E-state index < -0.39 is 6.10 Å². The number of piperazine rings is 1. The molecule has 2 saturated heterocycles. The van der Waals surface area contributed by atoms with Crippen molar-refractivity contribution in [2.45, 2.75) is 24.9 Å². The maximum absolute atomic E-state index is 15.5. The van der Waals surface area contributed by atoms with Crippen LogP contribution in [0.15, 0.2) is 36.5 Å². The summed E-state index contributed by atoms with van der Waals surface area (Å²) in [5.74, 6) is -0.453. The fraction of sp³-hybridized carbons (Fsp3) is 0.400. The lowest BCUT2D eigenvalue weighted by Crippen LogP contribution is -2.57. The van der Waals surface area contributed by atoms with Crippen molar-refractivity contribution in [2.24, 2.45) is 0 Å². The number of aliphatic hydroxyl groups is 1. The van der Waals surface area contributed by atoms with Gasteiger partial charge in [0.1, 0.15) is 22.5 Å². The van der Waals surface area contributed by atoms with Gasteiger partial charge in [-0.1, -0.05) is 11.3 Å². The number of anilines is 3. The van der Waals surface area contributed by atoms with E-state index in [2.05, 4.69) is 11.0 Å². The lowest BCUT2D eigenvalue weighted by Gasteiger charge is -2.39. The maximum atomic E-state index is 15.5. The number of aliphatic hydroxyl groups excluding tert-OH is 1. The summed E-state index contributed by atoms with van der Waals surface area (Å²) in [6.07, 6.45) is 3.00. The average Bonchev–Trinajstić information content (AvgIpc) is 3.64. The number of nitrogens with zero attached hydrogens (tertiary/aromatic N) is 8. The van der Waals surface area contributed by atoms with Crippen LogP contribution in [0.2, 0.25) is 0 Å². The fourth-order valence-corrected chi connectivity index (χ4v) is 6.66.